The Labute approximate surface area is 85.7 Å². The zero-order valence-corrected chi connectivity index (χ0v) is 8.77. The maximum Gasteiger partial charge on any atom is 0.0592 e. The predicted molar refractivity (Wildman–Crippen MR) is 61.4 cm³/mol. The van der Waals surface area contributed by atoms with Crippen LogP contribution in [0.25, 0.3) is 0 Å². The van der Waals surface area contributed by atoms with Gasteiger partial charge in [-0.1, -0.05) is 26.3 Å². The summed E-state index contributed by atoms with van der Waals surface area (Å²) in [6.07, 6.45) is 8.17. The molecule has 14 heavy (non-hydrogen) atoms. The molecule has 0 amide bonds. The second-order valence-electron chi connectivity index (χ2n) is 3.67. The van der Waals surface area contributed by atoms with Crippen LogP contribution in [0.1, 0.15) is 32.6 Å². The zero-order valence-electron chi connectivity index (χ0n) is 8.77. The third-order valence-electron chi connectivity index (χ3n) is 2.41. The number of allylic oxidation sites excluding steroid dienone is 3. The average Bonchev–Trinajstić information content (AvgIpc) is 2.14. The largest absolute Gasteiger partial charge is 0.398 e. The molecule has 2 heteroatoms. The second-order valence-corrected chi connectivity index (χ2v) is 3.67. The highest BCUT2D eigenvalue weighted by Crippen LogP contribution is 2.20. The molecule has 0 saturated carbocycles. The molecule has 0 radical (unpaired) electrons. The van der Waals surface area contributed by atoms with E-state index >= 15 is 0 Å². The van der Waals surface area contributed by atoms with Crippen LogP contribution in [0.3, 0.4) is 0 Å². The predicted octanol–water partition coefficient (Wildman–Crippen LogP) is 2.93. The number of rotatable bonds is 4. The van der Waals surface area contributed by atoms with Gasteiger partial charge in [0.1, 0.15) is 0 Å². The van der Waals surface area contributed by atoms with Crippen molar-refractivity contribution in [2.24, 2.45) is 5.73 Å². The van der Waals surface area contributed by atoms with E-state index in [-0.39, 0.29) is 0 Å². The van der Waals surface area contributed by atoms with Crippen LogP contribution in [0.15, 0.2) is 35.6 Å². The minimum atomic E-state index is 0.547. The molecule has 0 aromatic rings. The first-order valence-electron chi connectivity index (χ1n) is 5.11. The van der Waals surface area contributed by atoms with E-state index in [1.54, 1.807) is 6.08 Å². The van der Waals surface area contributed by atoms with Crippen molar-refractivity contribution in [2.75, 3.05) is 0 Å². The number of nitrogens with two attached hydrogens (primary N) is 1. The van der Waals surface area contributed by atoms with Crippen molar-refractivity contribution >= 4 is 5.71 Å². The van der Waals surface area contributed by atoms with E-state index in [1.807, 2.05) is 6.08 Å². The topological polar surface area (TPSA) is 49.9 Å². The van der Waals surface area contributed by atoms with Gasteiger partial charge in [0.15, 0.2) is 0 Å². The molecule has 1 aliphatic rings. The fraction of sp³-hybridized carbons (Fsp3) is 0.417. The van der Waals surface area contributed by atoms with Crippen molar-refractivity contribution in [1.82, 2.24) is 0 Å². The summed E-state index contributed by atoms with van der Waals surface area (Å²) in [4.78, 5) is 0. The summed E-state index contributed by atoms with van der Waals surface area (Å²) >= 11 is 0. The first-order valence-corrected chi connectivity index (χ1v) is 5.11. The Balaban J connectivity index is 2.58. The quantitative estimate of drug-likeness (QED) is 0.658. The normalized spacial score (nSPS) is 16.6. The van der Waals surface area contributed by atoms with E-state index in [0.717, 1.165) is 24.0 Å². The van der Waals surface area contributed by atoms with Crippen LogP contribution in [-0.4, -0.2) is 5.71 Å². The van der Waals surface area contributed by atoms with Crippen molar-refractivity contribution in [2.45, 2.75) is 32.6 Å². The van der Waals surface area contributed by atoms with E-state index in [1.165, 1.54) is 12.8 Å². The van der Waals surface area contributed by atoms with E-state index in [2.05, 4.69) is 13.5 Å². The number of hydrogen-bond donors (Lipinski definition) is 2. The van der Waals surface area contributed by atoms with Gasteiger partial charge in [-0.2, -0.15) is 0 Å². The zero-order chi connectivity index (χ0) is 10.6. The minimum absolute atomic E-state index is 0.547. The van der Waals surface area contributed by atoms with Crippen molar-refractivity contribution in [1.29, 1.82) is 5.41 Å². The third-order valence-corrected chi connectivity index (χ3v) is 2.41. The Morgan fingerprint density at radius 3 is 2.71 bits per heavy atom. The van der Waals surface area contributed by atoms with Crippen molar-refractivity contribution in [3.63, 3.8) is 0 Å². The molecule has 0 bridgehead atoms. The lowest BCUT2D eigenvalue weighted by atomic mass is 9.94. The summed E-state index contributed by atoms with van der Waals surface area (Å²) < 4.78 is 0. The molecule has 1 aliphatic carbocycles. The van der Waals surface area contributed by atoms with E-state index in [4.69, 9.17) is 11.1 Å². The Hall–Kier alpha value is -1.31. The molecule has 0 saturated heterocycles. The molecule has 0 atom stereocenters. The molecular weight excluding hydrogens is 172 g/mol. The SMILES string of the molecule is C=C1C=C(CCCCC)C(=N)C=C1N. The number of nitrogens with one attached hydrogen (secondary N) is 1. The molecule has 1 rings (SSSR count). The van der Waals surface area contributed by atoms with Gasteiger partial charge >= 0.3 is 0 Å². The van der Waals surface area contributed by atoms with Gasteiger partial charge in [-0.05, 0) is 36.1 Å². The van der Waals surface area contributed by atoms with Gasteiger partial charge in [0, 0.05) is 5.70 Å². The lowest BCUT2D eigenvalue weighted by Crippen LogP contribution is -2.11. The highest BCUT2D eigenvalue weighted by Gasteiger charge is 2.10. The average molecular weight is 190 g/mol. The molecule has 0 aliphatic heterocycles. The summed E-state index contributed by atoms with van der Waals surface area (Å²) in [5, 5.41) is 7.74. The molecule has 0 spiro atoms. The minimum Gasteiger partial charge on any atom is -0.398 e. The fourth-order valence-corrected chi connectivity index (χ4v) is 1.48. The first kappa shape index (κ1) is 10.8. The summed E-state index contributed by atoms with van der Waals surface area (Å²) in [5.41, 5.74) is 8.74. The fourth-order valence-electron chi connectivity index (χ4n) is 1.48. The first-order chi connectivity index (χ1) is 6.65. The van der Waals surface area contributed by atoms with Crippen LogP contribution >= 0.6 is 0 Å². The Morgan fingerprint density at radius 1 is 1.36 bits per heavy atom. The van der Waals surface area contributed by atoms with E-state index in [0.29, 0.717) is 11.4 Å². The number of unbranched alkanes of at least 4 members (excludes halogenated alkanes) is 2. The Morgan fingerprint density at radius 2 is 2.07 bits per heavy atom. The smallest absolute Gasteiger partial charge is 0.0592 e. The summed E-state index contributed by atoms with van der Waals surface area (Å²) in [6.45, 7) is 6.02. The highest BCUT2D eigenvalue weighted by atomic mass is 14.6. The van der Waals surface area contributed by atoms with Gasteiger partial charge < -0.3 is 11.1 Å². The maximum atomic E-state index is 7.74. The molecule has 0 aromatic heterocycles. The van der Waals surface area contributed by atoms with Gasteiger partial charge in [-0.15, -0.1) is 0 Å². The van der Waals surface area contributed by atoms with Crippen molar-refractivity contribution in [3.8, 4) is 0 Å². The molecule has 76 valence electrons. The van der Waals surface area contributed by atoms with Crippen LogP contribution < -0.4 is 5.73 Å². The molecule has 0 heterocycles. The lowest BCUT2D eigenvalue weighted by molar-refractivity contribution is 0.721. The number of hydrogen-bond acceptors (Lipinski definition) is 2. The Bertz CT molecular complexity index is 308. The van der Waals surface area contributed by atoms with Crippen molar-refractivity contribution < 1.29 is 0 Å². The second kappa shape index (κ2) is 4.80. The van der Waals surface area contributed by atoms with Gasteiger partial charge in [-0.3, -0.25) is 0 Å². The molecule has 0 aromatic carbocycles. The van der Waals surface area contributed by atoms with Crippen LogP contribution in [-0.2, 0) is 0 Å². The van der Waals surface area contributed by atoms with Crippen LogP contribution in [0, 0.1) is 5.41 Å². The van der Waals surface area contributed by atoms with E-state index in [9.17, 15) is 0 Å². The highest BCUT2D eigenvalue weighted by molar-refractivity contribution is 6.08. The molecule has 0 fully saturated rings. The molecule has 3 N–H and O–H groups in total. The van der Waals surface area contributed by atoms with Gasteiger partial charge in [0.2, 0.25) is 0 Å². The summed E-state index contributed by atoms with van der Waals surface area (Å²) in [7, 11) is 0. The van der Waals surface area contributed by atoms with E-state index < -0.39 is 0 Å². The van der Waals surface area contributed by atoms with Gasteiger partial charge in [-0.25, -0.2) is 0 Å². The van der Waals surface area contributed by atoms with Crippen LogP contribution in [0.2, 0.25) is 0 Å². The third kappa shape index (κ3) is 2.59. The molecule has 2 nitrogen and oxygen atoms in total. The summed E-state index contributed by atoms with van der Waals surface area (Å²) in [5.74, 6) is 0. The molecular formula is C12H18N2. The summed E-state index contributed by atoms with van der Waals surface area (Å²) in [6, 6.07) is 0. The van der Waals surface area contributed by atoms with Crippen molar-refractivity contribution in [3.05, 3.63) is 35.6 Å². The Kier molecular flexibility index (Phi) is 3.69. The lowest BCUT2D eigenvalue weighted by Gasteiger charge is -2.13. The van der Waals surface area contributed by atoms with Crippen LogP contribution in [0.4, 0.5) is 0 Å². The standard InChI is InChI=1S/C12H18N2/c1-3-4-5-6-10-7-9(2)11(13)8-12(10)14/h7-8,14H,2-6,13H2,1H3. The maximum absolute atomic E-state index is 7.74. The molecule has 0 unspecified atom stereocenters. The van der Waals surface area contributed by atoms with Crippen LogP contribution in [0.5, 0.6) is 0 Å². The van der Waals surface area contributed by atoms with Gasteiger partial charge in [0.05, 0.1) is 5.71 Å². The monoisotopic (exact) mass is 190 g/mol. The van der Waals surface area contributed by atoms with Gasteiger partial charge in [0.25, 0.3) is 0 Å².